The van der Waals surface area contributed by atoms with E-state index in [9.17, 15) is 8.42 Å². The minimum absolute atomic E-state index is 0.209. The molecule has 0 radical (unpaired) electrons. The molecular weight excluding hydrogens is 248 g/mol. The molecule has 0 atom stereocenters. The van der Waals surface area contributed by atoms with Crippen molar-refractivity contribution in [2.45, 2.75) is 20.0 Å². The Kier molecular flexibility index (Phi) is 5.78. The molecule has 0 aliphatic carbocycles. The van der Waals surface area contributed by atoms with Gasteiger partial charge in [-0.1, -0.05) is 31.2 Å². The third-order valence-corrected chi connectivity index (χ3v) is 4.69. The summed E-state index contributed by atoms with van der Waals surface area (Å²) in [6, 6.07) is 7.98. The normalized spacial score (nSPS) is 12.0. The van der Waals surface area contributed by atoms with Crippen LogP contribution in [-0.4, -0.2) is 38.4 Å². The first-order valence-corrected chi connectivity index (χ1v) is 7.96. The first kappa shape index (κ1) is 15.1. The molecule has 0 heterocycles. The number of nitrogens with zero attached hydrogens (tertiary/aromatic N) is 1. The van der Waals surface area contributed by atoms with Crippen LogP contribution in [0.4, 0.5) is 0 Å². The zero-order chi connectivity index (χ0) is 13.6. The molecule has 4 nitrogen and oxygen atoms in total. The average Bonchev–Trinajstić information content (AvgIpc) is 2.37. The zero-order valence-corrected chi connectivity index (χ0v) is 11.9. The van der Waals surface area contributed by atoms with Crippen LogP contribution in [0, 0.1) is 0 Å². The molecule has 1 rings (SSSR count). The van der Waals surface area contributed by atoms with E-state index in [2.05, 4.69) is 0 Å². The van der Waals surface area contributed by atoms with E-state index in [-0.39, 0.29) is 11.5 Å². The predicted octanol–water partition coefficient (Wildman–Crippen LogP) is 1.01. The van der Waals surface area contributed by atoms with Crippen LogP contribution in [0.3, 0.4) is 0 Å². The van der Waals surface area contributed by atoms with Crippen molar-refractivity contribution in [3.8, 4) is 0 Å². The lowest BCUT2D eigenvalue weighted by atomic mass is 10.1. The van der Waals surface area contributed by atoms with Crippen LogP contribution in [0.1, 0.15) is 18.1 Å². The van der Waals surface area contributed by atoms with Crippen LogP contribution in [0.5, 0.6) is 0 Å². The Morgan fingerprint density at radius 3 is 2.39 bits per heavy atom. The third kappa shape index (κ3) is 4.76. The Hall–Kier alpha value is -0.910. The quantitative estimate of drug-likeness (QED) is 0.803. The first-order chi connectivity index (χ1) is 8.48. The van der Waals surface area contributed by atoms with Crippen molar-refractivity contribution in [3.63, 3.8) is 0 Å². The summed E-state index contributed by atoms with van der Waals surface area (Å²) in [5, 5.41) is 0. The smallest absolute Gasteiger partial charge is 0.151 e. The molecule has 1 aromatic rings. The Labute approximate surface area is 110 Å². The van der Waals surface area contributed by atoms with Crippen molar-refractivity contribution in [3.05, 3.63) is 35.4 Å². The molecule has 0 saturated carbocycles. The third-order valence-electron chi connectivity index (χ3n) is 3.00. The maximum absolute atomic E-state index is 11.4. The van der Waals surface area contributed by atoms with Gasteiger partial charge in [-0.25, -0.2) is 8.42 Å². The SMILES string of the molecule is CCS(=O)(=O)CCN(C)Cc1ccccc1CN. The fraction of sp³-hybridized carbons (Fsp3) is 0.538. The lowest BCUT2D eigenvalue weighted by Gasteiger charge is -2.18. The predicted molar refractivity (Wildman–Crippen MR) is 75.0 cm³/mol. The molecule has 0 fully saturated rings. The molecule has 102 valence electrons. The monoisotopic (exact) mass is 270 g/mol. The number of hydrogen-bond donors (Lipinski definition) is 1. The number of rotatable bonds is 7. The maximum atomic E-state index is 11.4. The number of hydrogen-bond acceptors (Lipinski definition) is 4. The summed E-state index contributed by atoms with van der Waals surface area (Å²) in [5.41, 5.74) is 7.95. The van der Waals surface area contributed by atoms with E-state index in [1.54, 1.807) is 6.92 Å². The Bertz CT molecular complexity index is 472. The zero-order valence-electron chi connectivity index (χ0n) is 11.1. The van der Waals surface area contributed by atoms with Crippen molar-refractivity contribution < 1.29 is 8.42 Å². The van der Waals surface area contributed by atoms with Gasteiger partial charge in [-0.2, -0.15) is 0 Å². The first-order valence-electron chi connectivity index (χ1n) is 6.14. The molecule has 0 saturated heterocycles. The van der Waals surface area contributed by atoms with E-state index in [1.807, 2.05) is 36.2 Å². The summed E-state index contributed by atoms with van der Waals surface area (Å²) in [4.78, 5) is 2.02. The van der Waals surface area contributed by atoms with E-state index >= 15 is 0 Å². The number of nitrogens with two attached hydrogens (primary N) is 1. The van der Waals surface area contributed by atoms with Gasteiger partial charge < -0.3 is 10.6 Å². The van der Waals surface area contributed by atoms with Gasteiger partial charge in [0.1, 0.15) is 0 Å². The molecule has 5 heteroatoms. The molecular formula is C13H22N2O2S. The summed E-state index contributed by atoms with van der Waals surface area (Å²) in [6.45, 7) is 3.47. The van der Waals surface area contributed by atoms with Gasteiger partial charge in [-0.3, -0.25) is 0 Å². The molecule has 0 aliphatic heterocycles. The Balaban J connectivity index is 2.57. The van der Waals surface area contributed by atoms with Crippen LogP contribution in [-0.2, 0) is 22.9 Å². The van der Waals surface area contributed by atoms with E-state index in [0.29, 0.717) is 13.1 Å². The van der Waals surface area contributed by atoms with Gasteiger partial charge in [-0.15, -0.1) is 0 Å². The average molecular weight is 270 g/mol. The molecule has 0 aromatic heterocycles. The van der Waals surface area contributed by atoms with Gasteiger partial charge in [0.25, 0.3) is 0 Å². The Morgan fingerprint density at radius 1 is 1.22 bits per heavy atom. The van der Waals surface area contributed by atoms with Gasteiger partial charge in [0.15, 0.2) is 9.84 Å². The number of sulfone groups is 1. The van der Waals surface area contributed by atoms with Gasteiger partial charge in [-0.05, 0) is 18.2 Å². The Morgan fingerprint density at radius 2 is 1.83 bits per heavy atom. The standard InChI is InChI=1S/C13H22N2O2S/c1-3-18(16,17)9-8-15(2)11-13-7-5-4-6-12(13)10-14/h4-7H,3,8-11,14H2,1-2H3. The van der Waals surface area contributed by atoms with Crippen LogP contribution < -0.4 is 5.73 Å². The fourth-order valence-corrected chi connectivity index (χ4v) is 2.60. The highest BCUT2D eigenvalue weighted by Gasteiger charge is 2.10. The maximum Gasteiger partial charge on any atom is 0.151 e. The molecule has 0 unspecified atom stereocenters. The van der Waals surface area contributed by atoms with Crippen LogP contribution in [0.15, 0.2) is 24.3 Å². The molecule has 1 aromatic carbocycles. The van der Waals surface area contributed by atoms with Gasteiger partial charge in [0.05, 0.1) is 5.75 Å². The van der Waals surface area contributed by atoms with Crippen LogP contribution in [0.2, 0.25) is 0 Å². The minimum Gasteiger partial charge on any atom is -0.326 e. The molecule has 0 spiro atoms. The molecule has 0 bridgehead atoms. The molecule has 2 N–H and O–H groups in total. The lowest BCUT2D eigenvalue weighted by Crippen LogP contribution is -2.26. The summed E-state index contributed by atoms with van der Waals surface area (Å²) >= 11 is 0. The molecule has 0 aliphatic rings. The van der Waals surface area contributed by atoms with Crippen molar-refractivity contribution >= 4 is 9.84 Å². The topological polar surface area (TPSA) is 63.4 Å². The highest BCUT2D eigenvalue weighted by molar-refractivity contribution is 7.91. The number of benzene rings is 1. The second kappa shape index (κ2) is 6.87. The highest BCUT2D eigenvalue weighted by Crippen LogP contribution is 2.10. The van der Waals surface area contributed by atoms with Crippen molar-refractivity contribution in [2.24, 2.45) is 5.73 Å². The van der Waals surface area contributed by atoms with E-state index in [0.717, 1.165) is 17.7 Å². The molecule has 18 heavy (non-hydrogen) atoms. The fourth-order valence-electron chi connectivity index (χ4n) is 1.72. The van der Waals surface area contributed by atoms with E-state index in [4.69, 9.17) is 5.73 Å². The van der Waals surface area contributed by atoms with Gasteiger partial charge in [0, 0.05) is 25.4 Å². The largest absolute Gasteiger partial charge is 0.326 e. The second-order valence-corrected chi connectivity index (χ2v) is 6.92. The second-order valence-electron chi connectivity index (χ2n) is 4.45. The molecule has 0 amide bonds. The van der Waals surface area contributed by atoms with E-state index in [1.165, 1.54) is 0 Å². The summed E-state index contributed by atoms with van der Waals surface area (Å²) in [5.74, 6) is 0.422. The van der Waals surface area contributed by atoms with Crippen LogP contribution in [0.25, 0.3) is 0 Å². The summed E-state index contributed by atoms with van der Waals surface area (Å²) in [7, 11) is -0.960. The van der Waals surface area contributed by atoms with Crippen molar-refractivity contribution in [2.75, 3.05) is 25.1 Å². The lowest BCUT2D eigenvalue weighted by molar-refractivity contribution is 0.345. The van der Waals surface area contributed by atoms with Crippen LogP contribution >= 0.6 is 0 Å². The van der Waals surface area contributed by atoms with E-state index < -0.39 is 9.84 Å². The van der Waals surface area contributed by atoms with Crippen molar-refractivity contribution in [1.82, 2.24) is 4.90 Å². The van der Waals surface area contributed by atoms with Crippen molar-refractivity contribution in [1.29, 1.82) is 0 Å². The van der Waals surface area contributed by atoms with Gasteiger partial charge in [0.2, 0.25) is 0 Å². The summed E-state index contributed by atoms with van der Waals surface area (Å²) < 4.78 is 22.9. The minimum atomic E-state index is -2.89. The summed E-state index contributed by atoms with van der Waals surface area (Å²) in [6.07, 6.45) is 0. The highest BCUT2D eigenvalue weighted by atomic mass is 32.2. The van der Waals surface area contributed by atoms with Gasteiger partial charge >= 0.3 is 0 Å².